The zero-order valence-corrected chi connectivity index (χ0v) is 12.4. The summed E-state index contributed by atoms with van der Waals surface area (Å²) in [5, 5.41) is 6.63. The molecule has 0 amide bonds. The summed E-state index contributed by atoms with van der Waals surface area (Å²) in [6.07, 6.45) is 0. The lowest BCUT2D eigenvalue weighted by atomic mass is 10.0. The lowest BCUT2D eigenvalue weighted by Crippen LogP contribution is -2.07. The first-order valence-electron chi connectivity index (χ1n) is 6.80. The van der Waals surface area contributed by atoms with Gasteiger partial charge in [-0.3, -0.25) is 0 Å². The van der Waals surface area contributed by atoms with E-state index in [-0.39, 0.29) is 0 Å². The highest BCUT2D eigenvalue weighted by Gasteiger charge is 2.09. The molecule has 0 saturated heterocycles. The molecule has 0 bridgehead atoms. The number of hydrogen-bond donors (Lipinski definition) is 1. The summed E-state index contributed by atoms with van der Waals surface area (Å²) >= 11 is 1.42. The van der Waals surface area contributed by atoms with Crippen molar-refractivity contribution in [2.75, 3.05) is 11.9 Å². The fraction of sp³-hybridized carbons (Fsp3) is 0.250. The van der Waals surface area contributed by atoms with Gasteiger partial charge >= 0.3 is 0 Å². The average Bonchev–Trinajstić information content (AvgIpc) is 2.93. The molecule has 0 radical (unpaired) electrons. The van der Waals surface area contributed by atoms with Crippen LogP contribution in [0.15, 0.2) is 42.5 Å². The number of hydrogen-bond acceptors (Lipinski definition) is 4. The summed E-state index contributed by atoms with van der Waals surface area (Å²) in [6.45, 7) is 5.28. The van der Waals surface area contributed by atoms with E-state index in [1.165, 1.54) is 22.3 Å². The predicted octanol–water partition coefficient (Wildman–Crippen LogP) is 4.43. The Morgan fingerprint density at radius 2 is 1.90 bits per heavy atom. The first kappa shape index (κ1) is 13.1. The van der Waals surface area contributed by atoms with Gasteiger partial charge in [-0.15, -0.1) is 0 Å². The third-order valence-electron chi connectivity index (χ3n) is 3.12. The molecule has 0 aliphatic carbocycles. The number of fused-ring (bicyclic) bond motifs is 1. The van der Waals surface area contributed by atoms with Crippen molar-refractivity contribution in [3.63, 3.8) is 0 Å². The predicted molar refractivity (Wildman–Crippen MR) is 86.2 cm³/mol. The SMILES string of the molecule is CC(C)CNc1nc(-c2cccc3ccccc23)ns1. The molecule has 0 atom stereocenters. The summed E-state index contributed by atoms with van der Waals surface area (Å²) in [7, 11) is 0. The second kappa shape index (κ2) is 5.59. The third kappa shape index (κ3) is 2.65. The Morgan fingerprint density at radius 1 is 1.10 bits per heavy atom. The number of rotatable bonds is 4. The zero-order valence-electron chi connectivity index (χ0n) is 11.6. The number of benzene rings is 2. The molecule has 102 valence electrons. The molecule has 1 N–H and O–H groups in total. The van der Waals surface area contributed by atoms with Crippen LogP contribution in [0.1, 0.15) is 13.8 Å². The van der Waals surface area contributed by atoms with Gasteiger partial charge in [-0.1, -0.05) is 56.3 Å². The summed E-state index contributed by atoms with van der Waals surface area (Å²) in [6, 6.07) is 14.6. The van der Waals surface area contributed by atoms with E-state index in [1.54, 1.807) is 0 Å². The number of nitrogens with zero attached hydrogens (tertiary/aromatic N) is 2. The van der Waals surface area contributed by atoms with Crippen molar-refractivity contribution in [3.05, 3.63) is 42.5 Å². The van der Waals surface area contributed by atoms with Crippen LogP contribution >= 0.6 is 11.5 Å². The van der Waals surface area contributed by atoms with Gasteiger partial charge in [-0.25, -0.2) is 0 Å². The van der Waals surface area contributed by atoms with Crippen molar-refractivity contribution in [3.8, 4) is 11.4 Å². The summed E-state index contributed by atoms with van der Waals surface area (Å²) < 4.78 is 4.48. The fourth-order valence-corrected chi connectivity index (χ4v) is 2.70. The van der Waals surface area contributed by atoms with Crippen LogP contribution in [0.4, 0.5) is 5.13 Å². The Balaban J connectivity index is 1.95. The van der Waals surface area contributed by atoms with E-state index in [1.807, 2.05) is 0 Å². The molecule has 0 saturated carbocycles. The Kier molecular flexibility index (Phi) is 3.65. The molecular formula is C16H17N3S. The zero-order chi connectivity index (χ0) is 13.9. The van der Waals surface area contributed by atoms with Crippen LogP contribution in [0, 0.1) is 5.92 Å². The molecule has 0 spiro atoms. The molecule has 1 heterocycles. The summed E-state index contributed by atoms with van der Waals surface area (Å²) in [4.78, 5) is 4.60. The van der Waals surface area contributed by atoms with E-state index >= 15 is 0 Å². The Morgan fingerprint density at radius 3 is 2.75 bits per heavy atom. The van der Waals surface area contributed by atoms with Crippen LogP contribution in [0.25, 0.3) is 22.2 Å². The van der Waals surface area contributed by atoms with E-state index in [2.05, 4.69) is 71.0 Å². The molecular weight excluding hydrogens is 266 g/mol. The van der Waals surface area contributed by atoms with Gasteiger partial charge in [0.15, 0.2) is 5.82 Å². The van der Waals surface area contributed by atoms with Crippen LogP contribution in [0.5, 0.6) is 0 Å². The molecule has 3 rings (SSSR count). The summed E-state index contributed by atoms with van der Waals surface area (Å²) in [5.41, 5.74) is 1.09. The van der Waals surface area contributed by atoms with Gasteiger partial charge in [0.2, 0.25) is 5.13 Å². The van der Waals surface area contributed by atoms with Crippen LogP contribution in [-0.4, -0.2) is 15.9 Å². The van der Waals surface area contributed by atoms with Gasteiger partial charge in [0, 0.05) is 23.6 Å². The van der Waals surface area contributed by atoms with Crippen molar-refractivity contribution in [2.24, 2.45) is 5.92 Å². The minimum Gasteiger partial charge on any atom is -0.360 e. The smallest absolute Gasteiger partial charge is 0.202 e. The number of aromatic nitrogens is 2. The van der Waals surface area contributed by atoms with E-state index in [9.17, 15) is 0 Å². The van der Waals surface area contributed by atoms with Crippen LogP contribution in [0.2, 0.25) is 0 Å². The minimum atomic E-state index is 0.597. The molecule has 20 heavy (non-hydrogen) atoms. The second-order valence-electron chi connectivity index (χ2n) is 5.22. The molecule has 0 fully saturated rings. The number of anilines is 1. The number of nitrogens with one attached hydrogen (secondary N) is 1. The van der Waals surface area contributed by atoms with Crippen molar-refractivity contribution >= 4 is 27.4 Å². The third-order valence-corrected chi connectivity index (χ3v) is 3.79. The van der Waals surface area contributed by atoms with Crippen LogP contribution in [0.3, 0.4) is 0 Å². The van der Waals surface area contributed by atoms with Gasteiger partial charge in [-0.05, 0) is 16.7 Å². The maximum Gasteiger partial charge on any atom is 0.202 e. The average molecular weight is 283 g/mol. The minimum absolute atomic E-state index is 0.597. The van der Waals surface area contributed by atoms with E-state index < -0.39 is 0 Å². The van der Waals surface area contributed by atoms with Gasteiger partial charge in [-0.2, -0.15) is 9.36 Å². The molecule has 3 aromatic rings. The Labute approximate surface area is 122 Å². The van der Waals surface area contributed by atoms with Gasteiger partial charge in [0.05, 0.1) is 0 Å². The van der Waals surface area contributed by atoms with Gasteiger partial charge < -0.3 is 5.32 Å². The largest absolute Gasteiger partial charge is 0.360 e. The van der Waals surface area contributed by atoms with E-state index in [0.29, 0.717) is 5.92 Å². The maximum absolute atomic E-state index is 4.60. The molecule has 0 unspecified atom stereocenters. The molecule has 0 aliphatic heterocycles. The maximum atomic E-state index is 4.60. The highest BCUT2D eigenvalue weighted by atomic mass is 32.1. The lowest BCUT2D eigenvalue weighted by Gasteiger charge is -2.04. The van der Waals surface area contributed by atoms with Crippen molar-refractivity contribution < 1.29 is 0 Å². The fourth-order valence-electron chi connectivity index (χ4n) is 2.12. The topological polar surface area (TPSA) is 37.8 Å². The van der Waals surface area contributed by atoms with Crippen LogP contribution in [-0.2, 0) is 0 Å². The molecule has 2 aromatic carbocycles. The highest BCUT2D eigenvalue weighted by Crippen LogP contribution is 2.28. The van der Waals surface area contributed by atoms with Crippen LogP contribution < -0.4 is 5.32 Å². The van der Waals surface area contributed by atoms with Crippen molar-refractivity contribution in [2.45, 2.75) is 13.8 Å². The highest BCUT2D eigenvalue weighted by molar-refractivity contribution is 7.09. The van der Waals surface area contributed by atoms with Crippen molar-refractivity contribution in [1.82, 2.24) is 9.36 Å². The normalized spacial score (nSPS) is 11.2. The monoisotopic (exact) mass is 283 g/mol. The standard InChI is InChI=1S/C16H17N3S/c1-11(2)10-17-16-18-15(19-20-16)14-9-5-7-12-6-3-4-8-13(12)14/h3-9,11H,10H2,1-2H3,(H,17,18,19). The Bertz CT molecular complexity index is 713. The van der Waals surface area contributed by atoms with Crippen molar-refractivity contribution in [1.29, 1.82) is 0 Å². The lowest BCUT2D eigenvalue weighted by molar-refractivity contribution is 0.688. The van der Waals surface area contributed by atoms with E-state index in [0.717, 1.165) is 23.1 Å². The Hall–Kier alpha value is -1.94. The first-order valence-corrected chi connectivity index (χ1v) is 7.57. The molecule has 0 aliphatic rings. The molecule has 3 nitrogen and oxygen atoms in total. The van der Waals surface area contributed by atoms with Gasteiger partial charge in [0.1, 0.15) is 0 Å². The second-order valence-corrected chi connectivity index (χ2v) is 5.98. The quantitative estimate of drug-likeness (QED) is 0.770. The summed E-state index contributed by atoms with van der Waals surface area (Å²) in [5.74, 6) is 1.40. The molecule has 4 heteroatoms. The van der Waals surface area contributed by atoms with E-state index in [4.69, 9.17) is 0 Å². The first-order chi connectivity index (χ1) is 9.74. The molecule has 1 aromatic heterocycles. The van der Waals surface area contributed by atoms with Gasteiger partial charge in [0.25, 0.3) is 0 Å².